The van der Waals surface area contributed by atoms with Gasteiger partial charge in [0.25, 0.3) is 0 Å². The lowest BCUT2D eigenvalue weighted by molar-refractivity contribution is 0.593. The molecule has 0 saturated carbocycles. The molecule has 2 aromatic heterocycles. The molecular weight excluding hydrogens is 330 g/mol. The third-order valence-electron chi connectivity index (χ3n) is 3.56. The molecule has 3 rings (SSSR count). The molecule has 0 saturated heterocycles. The van der Waals surface area contributed by atoms with E-state index in [1.807, 2.05) is 31.2 Å². The van der Waals surface area contributed by atoms with Gasteiger partial charge in [-0.2, -0.15) is 0 Å². The molecule has 0 unspecified atom stereocenters. The van der Waals surface area contributed by atoms with Gasteiger partial charge in [-0.15, -0.1) is 0 Å². The number of fused-ring (bicyclic) bond motifs is 1. The van der Waals surface area contributed by atoms with Crippen LogP contribution in [0.1, 0.15) is 11.1 Å². The second kappa shape index (κ2) is 6.06. The van der Waals surface area contributed by atoms with Gasteiger partial charge in [0.05, 0.1) is 10.9 Å². The summed E-state index contributed by atoms with van der Waals surface area (Å²) in [6.07, 6.45) is 1.43. The Morgan fingerprint density at radius 3 is 2.58 bits per heavy atom. The number of sulfonamides is 1. The van der Waals surface area contributed by atoms with Crippen LogP contribution in [0.2, 0.25) is 0 Å². The predicted molar refractivity (Wildman–Crippen MR) is 90.9 cm³/mol. The standard InChI is InChI=1S/C16H15N3O4S/c1-11-4-6-12(7-5-11)9-17-24(22,23)10-13-15(20)14-3-2-8-19(14)16(21)18-13/h2-8,10,17H,9H2,1H3,(H,18,21). The third kappa shape index (κ3) is 3.29. The van der Waals surface area contributed by atoms with E-state index < -0.39 is 21.1 Å². The van der Waals surface area contributed by atoms with E-state index in [1.54, 1.807) is 6.07 Å². The summed E-state index contributed by atoms with van der Waals surface area (Å²) in [6.45, 7) is 2.02. The fraction of sp³-hybridized carbons (Fsp3) is 0.125. The third-order valence-corrected chi connectivity index (χ3v) is 4.65. The van der Waals surface area contributed by atoms with Crippen molar-refractivity contribution in [1.29, 1.82) is 0 Å². The van der Waals surface area contributed by atoms with Gasteiger partial charge in [-0.25, -0.2) is 17.9 Å². The van der Waals surface area contributed by atoms with Crippen LogP contribution < -0.4 is 21.2 Å². The molecule has 2 N–H and O–H groups in total. The van der Waals surface area contributed by atoms with Crippen molar-refractivity contribution in [1.82, 2.24) is 14.1 Å². The van der Waals surface area contributed by atoms with E-state index in [0.717, 1.165) is 20.9 Å². The smallest absolute Gasteiger partial charge is 0.303 e. The first kappa shape index (κ1) is 16.2. The summed E-state index contributed by atoms with van der Waals surface area (Å²) in [5.74, 6) is 0. The molecule has 0 aliphatic carbocycles. The molecule has 0 amide bonds. The van der Waals surface area contributed by atoms with Crippen molar-refractivity contribution in [2.75, 3.05) is 0 Å². The molecule has 124 valence electrons. The molecule has 0 aliphatic rings. The average Bonchev–Trinajstić information content (AvgIpc) is 3.02. The average molecular weight is 345 g/mol. The van der Waals surface area contributed by atoms with Crippen molar-refractivity contribution in [2.24, 2.45) is 0 Å². The van der Waals surface area contributed by atoms with Crippen LogP contribution in [0.15, 0.2) is 52.2 Å². The minimum absolute atomic E-state index is 0.0882. The molecule has 2 heterocycles. The van der Waals surface area contributed by atoms with Crippen molar-refractivity contribution >= 4 is 20.9 Å². The number of aromatic amines is 1. The Hall–Kier alpha value is -2.71. The van der Waals surface area contributed by atoms with Crippen molar-refractivity contribution in [2.45, 2.75) is 13.5 Å². The summed E-state index contributed by atoms with van der Waals surface area (Å²) in [5.41, 5.74) is 0.853. The van der Waals surface area contributed by atoms with Crippen LogP contribution in [0.25, 0.3) is 10.9 Å². The highest BCUT2D eigenvalue weighted by atomic mass is 32.2. The van der Waals surface area contributed by atoms with E-state index in [-0.39, 0.29) is 17.4 Å². The lowest BCUT2D eigenvalue weighted by Crippen LogP contribution is -2.39. The monoisotopic (exact) mass is 345 g/mol. The number of nitrogens with zero attached hydrogens (tertiary/aromatic N) is 1. The predicted octanol–water partition coefficient (Wildman–Crippen LogP) is -0.127. The van der Waals surface area contributed by atoms with E-state index in [0.29, 0.717) is 0 Å². The summed E-state index contributed by atoms with van der Waals surface area (Å²) >= 11 is 0. The maximum Gasteiger partial charge on any atom is 0.330 e. The molecule has 3 aromatic rings. The number of hydrogen-bond donors (Lipinski definition) is 2. The second-order valence-electron chi connectivity index (χ2n) is 5.41. The zero-order valence-electron chi connectivity index (χ0n) is 12.8. The van der Waals surface area contributed by atoms with Gasteiger partial charge in [-0.1, -0.05) is 29.8 Å². The summed E-state index contributed by atoms with van der Waals surface area (Å²) in [7, 11) is -3.89. The first-order chi connectivity index (χ1) is 11.4. The Balaban J connectivity index is 1.94. The molecule has 0 fully saturated rings. The van der Waals surface area contributed by atoms with Crippen molar-refractivity contribution in [3.63, 3.8) is 0 Å². The second-order valence-corrected chi connectivity index (χ2v) is 7.02. The SMILES string of the molecule is Cc1ccc(CNS(=O)(=O)C=c2[nH]c(=O)n3cccc3c2=O)cc1. The van der Waals surface area contributed by atoms with Crippen molar-refractivity contribution < 1.29 is 8.42 Å². The molecule has 0 bridgehead atoms. The number of aryl methyl sites for hydroxylation is 1. The largest absolute Gasteiger partial charge is 0.330 e. The summed E-state index contributed by atoms with van der Waals surface area (Å²) in [6, 6.07) is 10.4. The lowest BCUT2D eigenvalue weighted by atomic mass is 10.2. The first-order valence-corrected chi connectivity index (χ1v) is 8.71. The van der Waals surface area contributed by atoms with Gasteiger partial charge in [-0.3, -0.25) is 9.20 Å². The van der Waals surface area contributed by atoms with Crippen LogP contribution in [0.3, 0.4) is 0 Å². The summed E-state index contributed by atoms with van der Waals surface area (Å²) in [5, 5.41) is 0.473. The minimum Gasteiger partial charge on any atom is -0.303 e. The van der Waals surface area contributed by atoms with Crippen LogP contribution >= 0.6 is 0 Å². The molecule has 7 nitrogen and oxygen atoms in total. The van der Waals surface area contributed by atoms with Gasteiger partial charge in [0.1, 0.15) is 5.35 Å². The maximum atomic E-state index is 12.2. The van der Waals surface area contributed by atoms with Gasteiger partial charge in [0.2, 0.25) is 15.5 Å². The number of rotatable bonds is 4. The van der Waals surface area contributed by atoms with E-state index in [2.05, 4.69) is 9.71 Å². The maximum absolute atomic E-state index is 12.2. The first-order valence-electron chi connectivity index (χ1n) is 7.16. The van der Waals surface area contributed by atoms with Crippen LogP contribution in [-0.4, -0.2) is 17.8 Å². The van der Waals surface area contributed by atoms with Crippen LogP contribution in [0.5, 0.6) is 0 Å². The molecule has 8 heteroatoms. The number of aromatic nitrogens is 2. The van der Waals surface area contributed by atoms with Gasteiger partial charge in [0.15, 0.2) is 0 Å². The Morgan fingerprint density at radius 2 is 1.88 bits per heavy atom. The molecule has 1 aromatic carbocycles. The summed E-state index contributed by atoms with van der Waals surface area (Å²) < 4.78 is 27.8. The van der Waals surface area contributed by atoms with Gasteiger partial charge in [0, 0.05) is 12.7 Å². The highest BCUT2D eigenvalue weighted by Crippen LogP contribution is 2.03. The van der Waals surface area contributed by atoms with Crippen LogP contribution in [-0.2, 0) is 16.6 Å². The fourth-order valence-electron chi connectivity index (χ4n) is 2.28. The lowest BCUT2D eigenvalue weighted by Gasteiger charge is -2.03. The molecule has 0 aliphatic heterocycles. The number of hydrogen-bond acceptors (Lipinski definition) is 4. The Morgan fingerprint density at radius 1 is 1.17 bits per heavy atom. The Bertz CT molecular complexity index is 1160. The van der Waals surface area contributed by atoms with E-state index in [9.17, 15) is 18.0 Å². The van der Waals surface area contributed by atoms with Gasteiger partial charge >= 0.3 is 5.69 Å². The van der Waals surface area contributed by atoms with Gasteiger partial charge < -0.3 is 4.98 Å². The normalized spacial score (nSPS) is 12.8. The fourth-order valence-corrected chi connectivity index (χ4v) is 3.21. The number of benzene rings is 1. The number of H-pyrrole nitrogens is 1. The van der Waals surface area contributed by atoms with Crippen molar-refractivity contribution in [3.8, 4) is 0 Å². The molecule has 24 heavy (non-hydrogen) atoms. The quantitative estimate of drug-likeness (QED) is 0.688. The van der Waals surface area contributed by atoms with E-state index in [4.69, 9.17) is 0 Å². The Labute approximate surface area is 137 Å². The summed E-state index contributed by atoms with van der Waals surface area (Å²) in [4.78, 5) is 26.3. The molecule has 0 radical (unpaired) electrons. The zero-order valence-corrected chi connectivity index (χ0v) is 13.6. The minimum atomic E-state index is -3.89. The van der Waals surface area contributed by atoms with Crippen molar-refractivity contribution in [3.05, 3.63) is 79.8 Å². The topological polar surface area (TPSA) is 101 Å². The van der Waals surface area contributed by atoms with Crippen LogP contribution in [0.4, 0.5) is 0 Å². The molecule has 0 atom stereocenters. The Kier molecular flexibility index (Phi) is 4.08. The zero-order chi connectivity index (χ0) is 17.3. The van der Waals surface area contributed by atoms with E-state index >= 15 is 0 Å². The highest BCUT2D eigenvalue weighted by Gasteiger charge is 2.09. The highest BCUT2D eigenvalue weighted by molar-refractivity contribution is 7.96. The molecular formula is C16H15N3O4S. The van der Waals surface area contributed by atoms with E-state index in [1.165, 1.54) is 12.3 Å². The number of nitrogens with one attached hydrogen (secondary N) is 2. The van der Waals surface area contributed by atoms with Gasteiger partial charge in [-0.05, 0) is 24.6 Å². The van der Waals surface area contributed by atoms with Crippen LogP contribution in [0, 0.1) is 6.92 Å². The molecule has 0 spiro atoms.